The van der Waals surface area contributed by atoms with Crippen LogP contribution < -0.4 is 11.1 Å². The van der Waals surface area contributed by atoms with Crippen LogP contribution in [0.15, 0.2) is 51.7 Å². The van der Waals surface area contributed by atoms with Crippen LogP contribution >= 0.6 is 11.6 Å². The molecule has 0 aliphatic heterocycles. The van der Waals surface area contributed by atoms with Gasteiger partial charge in [0.05, 0.1) is 5.52 Å². The van der Waals surface area contributed by atoms with Crippen molar-refractivity contribution in [2.75, 3.05) is 6.54 Å². The van der Waals surface area contributed by atoms with Crippen LogP contribution in [-0.2, 0) is 6.42 Å². The van der Waals surface area contributed by atoms with Crippen molar-refractivity contribution in [2.45, 2.75) is 6.42 Å². The van der Waals surface area contributed by atoms with Gasteiger partial charge in [-0.2, -0.15) is 0 Å². The molecule has 112 valence electrons. The lowest BCUT2D eigenvalue weighted by molar-refractivity contribution is 0.0954. The molecule has 22 heavy (non-hydrogen) atoms. The lowest BCUT2D eigenvalue weighted by Crippen LogP contribution is -2.25. The summed E-state index contributed by atoms with van der Waals surface area (Å²) >= 11 is 5.86. The van der Waals surface area contributed by atoms with E-state index < -0.39 is 5.76 Å². The Morgan fingerprint density at radius 1 is 1.23 bits per heavy atom. The minimum Gasteiger partial charge on any atom is -0.408 e. The van der Waals surface area contributed by atoms with Crippen molar-refractivity contribution in [3.8, 4) is 0 Å². The van der Waals surface area contributed by atoms with Crippen LogP contribution in [0.2, 0.25) is 5.02 Å². The lowest BCUT2D eigenvalue weighted by Gasteiger charge is -2.05. The van der Waals surface area contributed by atoms with Gasteiger partial charge in [-0.25, -0.2) is 4.79 Å². The monoisotopic (exact) mass is 316 g/mol. The van der Waals surface area contributed by atoms with Gasteiger partial charge < -0.3 is 9.73 Å². The smallest absolute Gasteiger partial charge is 0.408 e. The predicted molar refractivity (Wildman–Crippen MR) is 84.3 cm³/mol. The second-order valence-corrected chi connectivity index (χ2v) is 5.30. The standard InChI is InChI=1S/C16H13ClN2O3/c17-12-3-1-2-11(9-12)15(20)18-7-6-10-4-5-13-14(8-10)22-16(21)19-13/h1-5,8-9H,6-7H2,(H,18,20)(H,19,21). The highest BCUT2D eigenvalue weighted by Crippen LogP contribution is 2.13. The van der Waals surface area contributed by atoms with Crippen LogP contribution in [0.5, 0.6) is 0 Å². The zero-order valence-corrected chi connectivity index (χ0v) is 12.3. The molecule has 0 spiro atoms. The first kappa shape index (κ1) is 14.4. The van der Waals surface area contributed by atoms with Crippen molar-refractivity contribution in [1.29, 1.82) is 0 Å². The van der Waals surface area contributed by atoms with Crippen molar-refractivity contribution in [3.05, 3.63) is 69.2 Å². The Labute approximate surface area is 130 Å². The third kappa shape index (κ3) is 3.20. The summed E-state index contributed by atoms with van der Waals surface area (Å²) < 4.78 is 5.01. The fourth-order valence-electron chi connectivity index (χ4n) is 2.20. The van der Waals surface area contributed by atoms with E-state index >= 15 is 0 Å². The number of H-pyrrole nitrogens is 1. The quantitative estimate of drug-likeness (QED) is 0.777. The number of hydrogen-bond acceptors (Lipinski definition) is 3. The van der Waals surface area contributed by atoms with E-state index in [1.165, 1.54) is 0 Å². The third-order valence-electron chi connectivity index (χ3n) is 3.27. The highest BCUT2D eigenvalue weighted by Gasteiger charge is 2.06. The maximum atomic E-state index is 12.0. The molecule has 1 aromatic heterocycles. The van der Waals surface area contributed by atoms with Gasteiger partial charge in [0.1, 0.15) is 0 Å². The fourth-order valence-corrected chi connectivity index (χ4v) is 2.39. The maximum absolute atomic E-state index is 12.0. The Morgan fingerprint density at radius 3 is 2.91 bits per heavy atom. The van der Waals surface area contributed by atoms with Crippen molar-refractivity contribution < 1.29 is 9.21 Å². The number of halogens is 1. The van der Waals surface area contributed by atoms with Crippen LogP contribution in [0.4, 0.5) is 0 Å². The van der Waals surface area contributed by atoms with Gasteiger partial charge in [0.2, 0.25) is 0 Å². The summed E-state index contributed by atoms with van der Waals surface area (Å²) in [6, 6.07) is 12.3. The number of carbonyl (C=O) groups excluding carboxylic acids is 1. The highest BCUT2D eigenvalue weighted by molar-refractivity contribution is 6.30. The number of amides is 1. The molecule has 0 fully saturated rings. The Balaban J connectivity index is 1.62. The molecular formula is C16H13ClN2O3. The molecule has 0 saturated carbocycles. The average Bonchev–Trinajstić information content (AvgIpc) is 2.86. The first-order chi connectivity index (χ1) is 10.6. The van der Waals surface area contributed by atoms with Crippen LogP contribution in [0.3, 0.4) is 0 Å². The molecule has 2 N–H and O–H groups in total. The molecular weight excluding hydrogens is 304 g/mol. The Bertz CT molecular complexity index is 882. The van der Waals surface area contributed by atoms with E-state index in [9.17, 15) is 9.59 Å². The van der Waals surface area contributed by atoms with Gasteiger partial charge in [0.25, 0.3) is 5.91 Å². The minimum absolute atomic E-state index is 0.170. The number of hydrogen-bond donors (Lipinski definition) is 2. The van der Waals surface area contributed by atoms with Crippen molar-refractivity contribution >= 4 is 28.6 Å². The number of oxazole rings is 1. The topological polar surface area (TPSA) is 75.1 Å². The second kappa shape index (κ2) is 6.07. The minimum atomic E-state index is -0.471. The Hall–Kier alpha value is -2.53. The molecule has 6 heteroatoms. The van der Waals surface area contributed by atoms with E-state index in [0.29, 0.717) is 34.7 Å². The first-order valence-corrected chi connectivity index (χ1v) is 7.15. The molecule has 0 atom stereocenters. The van der Waals surface area contributed by atoms with Gasteiger partial charge in [0, 0.05) is 17.1 Å². The van der Waals surface area contributed by atoms with Gasteiger partial charge >= 0.3 is 5.76 Å². The second-order valence-electron chi connectivity index (χ2n) is 4.86. The molecule has 1 amide bonds. The number of rotatable bonds is 4. The van der Waals surface area contributed by atoms with E-state index in [1.54, 1.807) is 36.4 Å². The maximum Gasteiger partial charge on any atom is 0.417 e. The van der Waals surface area contributed by atoms with E-state index in [4.69, 9.17) is 16.0 Å². The molecule has 0 bridgehead atoms. The van der Waals surface area contributed by atoms with Crippen molar-refractivity contribution in [1.82, 2.24) is 10.3 Å². The molecule has 0 saturated heterocycles. The zero-order chi connectivity index (χ0) is 15.5. The Kier molecular flexibility index (Phi) is 3.98. The number of nitrogens with one attached hydrogen (secondary N) is 2. The molecule has 5 nitrogen and oxygen atoms in total. The van der Waals surface area contributed by atoms with Crippen LogP contribution in [0, 0.1) is 0 Å². The SMILES string of the molecule is O=C(NCCc1ccc2[nH]c(=O)oc2c1)c1cccc(Cl)c1. The van der Waals surface area contributed by atoms with Gasteiger partial charge in [-0.15, -0.1) is 0 Å². The molecule has 0 unspecified atom stereocenters. The molecule has 2 aromatic carbocycles. The number of aromatic nitrogens is 1. The molecule has 3 aromatic rings. The summed E-state index contributed by atoms with van der Waals surface area (Å²) in [5.41, 5.74) is 2.68. The lowest BCUT2D eigenvalue weighted by atomic mass is 10.1. The van der Waals surface area contributed by atoms with Crippen LogP contribution in [-0.4, -0.2) is 17.4 Å². The van der Waals surface area contributed by atoms with Crippen LogP contribution in [0.25, 0.3) is 11.1 Å². The molecule has 1 heterocycles. The van der Waals surface area contributed by atoms with Gasteiger partial charge in [-0.1, -0.05) is 23.7 Å². The summed E-state index contributed by atoms with van der Waals surface area (Å²) in [4.78, 5) is 25.6. The normalized spacial score (nSPS) is 10.8. The van der Waals surface area contributed by atoms with E-state index in [2.05, 4.69) is 10.3 Å². The van der Waals surface area contributed by atoms with Gasteiger partial charge in [-0.05, 0) is 42.3 Å². The number of fused-ring (bicyclic) bond motifs is 1. The summed E-state index contributed by atoms with van der Waals surface area (Å²) in [6.07, 6.45) is 0.636. The fraction of sp³-hybridized carbons (Fsp3) is 0.125. The van der Waals surface area contributed by atoms with E-state index in [-0.39, 0.29) is 5.91 Å². The van der Waals surface area contributed by atoms with Crippen molar-refractivity contribution in [2.24, 2.45) is 0 Å². The summed E-state index contributed by atoms with van der Waals surface area (Å²) in [5.74, 6) is -0.641. The third-order valence-corrected chi connectivity index (χ3v) is 3.51. The van der Waals surface area contributed by atoms with Gasteiger partial charge in [0.15, 0.2) is 5.58 Å². The molecule has 3 rings (SSSR count). The summed E-state index contributed by atoms with van der Waals surface area (Å²) in [7, 11) is 0. The van der Waals surface area contributed by atoms with E-state index in [1.807, 2.05) is 6.07 Å². The molecule has 0 radical (unpaired) electrons. The average molecular weight is 317 g/mol. The van der Waals surface area contributed by atoms with E-state index in [0.717, 1.165) is 5.56 Å². The van der Waals surface area contributed by atoms with Crippen LogP contribution in [0.1, 0.15) is 15.9 Å². The van der Waals surface area contributed by atoms with Gasteiger partial charge in [-0.3, -0.25) is 9.78 Å². The predicted octanol–water partition coefficient (Wildman–Crippen LogP) is 2.75. The summed E-state index contributed by atoms with van der Waals surface area (Å²) in [5, 5.41) is 3.36. The molecule has 0 aliphatic carbocycles. The summed E-state index contributed by atoms with van der Waals surface area (Å²) in [6.45, 7) is 0.478. The highest BCUT2D eigenvalue weighted by atomic mass is 35.5. The number of benzene rings is 2. The zero-order valence-electron chi connectivity index (χ0n) is 11.6. The Morgan fingerprint density at radius 2 is 2.09 bits per heavy atom. The largest absolute Gasteiger partial charge is 0.417 e. The number of aromatic amines is 1. The first-order valence-electron chi connectivity index (χ1n) is 6.77. The van der Waals surface area contributed by atoms with Crippen molar-refractivity contribution in [3.63, 3.8) is 0 Å². The number of carbonyl (C=O) groups is 1. The molecule has 0 aliphatic rings.